The van der Waals surface area contributed by atoms with Gasteiger partial charge in [0.2, 0.25) is 11.7 Å². The molecule has 1 saturated heterocycles. The van der Waals surface area contributed by atoms with Gasteiger partial charge in [-0.05, 0) is 37.5 Å². The number of hydrogen-bond donors (Lipinski definition) is 0. The summed E-state index contributed by atoms with van der Waals surface area (Å²) < 4.78 is 7.60. The molecule has 152 valence electrons. The summed E-state index contributed by atoms with van der Waals surface area (Å²) in [4.78, 5) is 15.0. The summed E-state index contributed by atoms with van der Waals surface area (Å²) in [7, 11) is 0. The molecule has 1 aliphatic rings. The van der Waals surface area contributed by atoms with Gasteiger partial charge in [0.1, 0.15) is 0 Å². The smallest absolute Gasteiger partial charge is 0.235 e. The zero-order chi connectivity index (χ0) is 20.1. The Balaban J connectivity index is 1.57. The molecule has 1 aliphatic heterocycles. The Morgan fingerprint density at radius 3 is 2.52 bits per heavy atom. The lowest BCUT2D eigenvalue weighted by atomic mass is 10.2. The van der Waals surface area contributed by atoms with E-state index in [0.29, 0.717) is 18.1 Å². The number of rotatable bonds is 6. The van der Waals surface area contributed by atoms with Crippen molar-refractivity contribution in [3.8, 4) is 11.6 Å². The minimum atomic E-state index is -0.212. The number of carbonyl (C=O) groups is 1. The molecule has 29 heavy (non-hydrogen) atoms. The molecule has 0 N–H and O–H groups in total. The van der Waals surface area contributed by atoms with Gasteiger partial charge < -0.3 is 9.32 Å². The number of amides is 1. The van der Waals surface area contributed by atoms with E-state index in [1.807, 2.05) is 46.7 Å². The van der Waals surface area contributed by atoms with Gasteiger partial charge in [-0.25, -0.2) is 0 Å². The van der Waals surface area contributed by atoms with Crippen LogP contribution >= 0.6 is 11.8 Å². The van der Waals surface area contributed by atoms with Crippen LogP contribution in [0.25, 0.3) is 11.6 Å². The van der Waals surface area contributed by atoms with Crippen molar-refractivity contribution in [2.45, 2.75) is 49.6 Å². The predicted molar refractivity (Wildman–Crippen MR) is 114 cm³/mol. The van der Waals surface area contributed by atoms with Gasteiger partial charge in [-0.1, -0.05) is 54.9 Å². The fourth-order valence-corrected chi connectivity index (χ4v) is 4.56. The molecule has 4 rings (SSSR count). The molecular formula is C22H26N4O2S. The van der Waals surface area contributed by atoms with Crippen LogP contribution < -0.4 is 0 Å². The Kier molecular flexibility index (Phi) is 6.34. The van der Waals surface area contributed by atoms with Crippen molar-refractivity contribution in [1.82, 2.24) is 19.7 Å². The molecule has 0 aliphatic carbocycles. The first-order chi connectivity index (χ1) is 14.2. The van der Waals surface area contributed by atoms with E-state index >= 15 is 0 Å². The normalized spacial score (nSPS) is 15.8. The predicted octanol–water partition coefficient (Wildman–Crippen LogP) is 4.47. The summed E-state index contributed by atoms with van der Waals surface area (Å²) in [5.74, 6) is 1.54. The van der Waals surface area contributed by atoms with E-state index in [4.69, 9.17) is 4.42 Å². The number of carbonyl (C=O) groups excluding carboxylic acids is 1. The molecule has 0 saturated carbocycles. The standard InChI is InChI=1S/C22H26N4O2S/c1-17(21(27)25-13-7-2-3-8-14-25)29-22-24-23-20(19-12-9-15-28-19)26(22)16-18-10-5-4-6-11-18/h4-6,9-12,15,17H,2-3,7-8,13-14,16H2,1H3/t17-/m1/s1. The maximum Gasteiger partial charge on any atom is 0.235 e. The lowest BCUT2D eigenvalue weighted by molar-refractivity contribution is -0.130. The Hall–Kier alpha value is -2.54. The van der Waals surface area contributed by atoms with E-state index in [1.165, 1.54) is 24.6 Å². The summed E-state index contributed by atoms with van der Waals surface area (Å²) in [6, 6.07) is 13.9. The van der Waals surface area contributed by atoms with Crippen molar-refractivity contribution in [2.75, 3.05) is 13.1 Å². The number of hydrogen-bond acceptors (Lipinski definition) is 5. The molecule has 1 aromatic carbocycles. The van der Waals surface area contributed by atoms with Crippen LogP contribution in [0.2, 0.25) is 0 Å². The topological polar surface area (TPSA) is 64.2 Å². The van der Waals surface area contributed by atoms with Crippen LogP contribution in [0.3, 0.4) is 0 Å². The van der Waals surface area contributed by atoms with Gasteiger partial charge >= 0.3 is 0 Å². The number of thioether (sulfide) groups is 1. The maximum absolute atomic E-state index is 13.0. The minimum absolute atomic E-state index is 0.186. The van der Waals surface area contributed by atoms with Crippen molar-refractivity contribution in [3.63, 3.8) is 0 Å². The highest BCUT2D eigenvalue weighted by atomic mass is 32.2. The summed E-state index contributed by atoms with van der Waals surface area (Å²) >= 11 is 1.47. The molecule has 0 spiro atoms. The van der Waals surface area contributed by atoms with E-state index in [2.05, 4.69) is 22.3 Å². The second kappa shape index (κ2) is 9.31. The van der Waals surface area contributed by atoms with Crippen LogP contribution in [0.4, 0.5) is 0 Å². The Bertz CT molecular complexity index is 916. The van der Waals surface area contributed by atoms with E-state index in [0.717, 1.165) is 36.7 Å². The SMILES string of the molecule is C[C@@H](Sc1nnc(-c2ccco2)n1Cc1ccccc1)C(=O)N1CCCCCC1. The number of furan rings is 1. The van der Waals surface area contributed by atoms with Gasteiger partial charge in [0.25, 0.3) is 0 Å². The molecule has 1 amide bonds. The monoisotopic (exact) mass is 410 g/mol. The summed E-state index contributed by atoms with van der Waals surface area (Å²) in [6.07, 6.45) is 6.24. The molecule has 1 atom stereocenters. The highest BCUT2D eigenvalue weighted by Gasteiger charge is 2.25. The summed E-state index contributed by atoms with van der Waals surface area (Å²) in [6.45, 7) is 4.30. The van der Waals surface area contributed by atoms with Crippen LogP contribution in [-0.2, 0) is 11.3 Å². The van der Waals surface area contributed by atoms with Gasteiger partial charge in [-0.15, -0.1) is 10.2 Å². The Labute approximate surface area is 175 Å². The molecule has 3 heterocycles. The zero-order valence-corrected chi connectivity index (χ0v) is 17.5. The van der Waals surface area contributed by atoms with Crippen LogP contribution in [0.1, 0.15) is 38.2 Å². The summed E-state index contributed by atoms with van der Waals surface area (Å²) in [5, 5.41) is 9.29. The largest absolute Gasteiger partial charge is 0.461 e. The number of nitrogens with zero attached hydrogens (tertiary/aromatic N) is 4. The maximum atomic E-state index is 13.0. The average molecular weight is 411 g/mol. The van der Waals surface area contributed by atoms with Crippen molar-refractivity contribution >= 4 is 17.7 Å². The van der Waals surface area contributed by atoms with Crippen molar-refractivity contribution < 1.29 is 9.21 Å². The van der Waals surface area contributed by atoms with Gasteiger partial charge in [0.05, 0.1) is 18.1 Å². The first-order valence-electron chi connectivity index (χ1n) is 10.2. The van der Waals surface area contributed by atoms with Crippen LogP contribution in [0, 0.1) is 0 Å². The average Bonchev–Trinajstić information content (AvgIpc) is 3.31. The summed E-state index contributed by atoms with van der Waals surface area (Å²) in [5.41, 5.74) is 1.15. The van der Waals surface area contributed by atoms with E-state index < -0.39 is 0 Å². The first kappa shape index (κ1) is 19.8. The molecule has 6 nitrogen and oxygen atoms in total. The number of likely N-dealkylation sites (tertiary alicyclic amines) is 1. The molecule has 7 heteroatoms. The zero-order valence-electron chi connectivity index (χ0n) is 16.7. The van der Waals surface area contributed by atoms with Gasteiger partial charge in [-0.3, -0.25) is 9.36 Å². The van der Waals surface area contributed by atoms with Gasteiger partial charge in [-0.2, -0.15) is 0 Å². The fraction of sp³-hybridized carbons (Fsp3) is 0.409. The highest BCUT2D eigenvalue weighted by molar-refractivity contribution is 8.00. The van der Waals surface area contributed by atoms with Crippen LogP contribution in [-0.4, -0.2) is 43.9 Å². The Morgan fingerprint density at radius 2 is 1.83 bits per heavy atom. The lowest BCUT2D eigenvalue weighted by Gasteiger charge is -2.23. The molecule has 0 unspecified atom stereocenters. The van der Waals surface area contributed by atoms with Gasteiger partial charge in [0.15, 0.2) is 10.9 Å². The van der Waals surface area contributed by atoms with Crippen molar-refractivity contribution in [1.29, 1.82) is 0 Å². The number of benzene rings is 1. The molecule has 2 aromatic heterocycles. The second-order valence-electron chi connectivity index (χ2n) is 7.35. The first-order valence-corrected chi connectivity index (χ1v) is 11.1. The van der Waals surface area contributed by atoms with Crippen LogP contribution in [0.15, 0.2) is 58.3 Å². The fourth-order valence-electron chi connectivity index (χ4n) is 3.63. The van der Waals surface area contributed by atoms with E-state index in [-0.39, 0.29) is 11.2 Å². The van der Waals surface area contributed by atoms with Gasteiger partial charge in [0, 0.05) is 13.1 Å². The highest BCUT2D eigenvalue weighted by Crippen LogP contribution is 2.29. The van der Waals surface area contributed by atoms with Crippen LogP contribution in [0.5, 0.6) is 0 Å². The molecule has 1 fully saturated rings. The lowest BCUT2D eigenvalue weighted by Crippen LogP contribution is -2.37. The quantitative estimate of drug-likeness (QED) is 0.561. The molecule has 0 bridgehead atoms. The van der Waals surface area contributed by atoms with Crippen molar-refractivity contribution in [2.24, 2.45) is 0 Å². The molecule has 3 aromatic rings. The number of aromatic nitrogens is 3. The molecule has 0 radical (unpaired) electrons. The van der Waals surface area contributed by atoms with Crippen molar-refractivity contribution in [3.05, 3.63) is 54.3 Å². The third kappa shape index (κ3) is 4.72. The molecular weight excluding hydrogens is 384 g/mol. The van der Waals surface area contributed by atoms with E-state index in [1.54, 1.807) is 6.26 Å². The second-order valence-corrected chi connectivity index (χ2v) is 8.66. The minimum Gasteiger partial charge on any atom is -0.461 e. The third-order valence-electron chi connectivity index (χ3n) is 5.19. The van der Waals surface area contributed by atoms with E-state index in [9.17, 15) is 4.79 Å². The Morgan fingerprint density at radius 1 is 1.07 bits per heavy atom. The third-order valence-corrected chi connectivity index (χ3v) is 6.26.